The molecule has 0 spiro atoms. The second kappa shape index (κ2) is 14.9. The molecule has 9 rings (SSSR count). The van der Waals surface area contributed by atoms with Crippen LogP contribution in [0.4, 0.5) is 4.70 Å². The molecule has 0 radical (unpaired) electrons. The van der Waals surface area contributed by atoms with Crippen molar-refractivity contribution in [3.8, 4) is 0 Å². The number of aliphatic imine (C=N–C) groups is 1. The average molecular weight is 768 g/mol. The first kappa shape index (κ1) is 43.5. The summed E-state index contributed by atoms with van der Waals surface area (Å²) in [5.74, 6) is 6.70. The standard InChI is InChI=1S/C25H39NO.C23H38O3.CH4.FH/c1-16-9-11-23(3)18(14-16)7-8-19-21(23)15-17(2)24(4)20(10-12-25(19,24)27)22-6-5-13-26-22;1-14-7-9-21(3)16(11-14)5-6-17-19(21)12-15(2)22(4)18(20(25)13-24)8-10-23(17,22)26;;/h6,13,16-21,27H,5,7-12,14-15H2,1-4H3;14-19,24,26H,5-13H2,1-4H3;1H4;1H/t16-,17+,18+,19?,20+,21?,23-,24+,25-;14-,15+,16+,17?,18+,19?,21-,22+,23-;;/m00../s1. The molecule has 5 nitrogen and oxygen atoms in total. The molecule has 55 heavy (non-hydrogen) atoms. The lowest BCUT2D eigenvalue weighted by Gasteiger charge is -2.65. The van der Waals surface area contributed by atoms with E-state index in [0.717, 1.165) is 74.5 Å². The van der Waals surface area contributed by atoms with Crippen molar-refractivity contribution < 1.29 is 24.8 Å². The number of nitrogens with zero attached hydrogens (tertiary/aromatic N) is 1. The number of hydrogen-bond donors (Lipinski definition) is 3. The van der Waals surface area contributed by atoms with Crippen molar-refractivity contribution in [3.63, 3.8) is 0 Å². The Morgan fingerprint density at radius 3 is 1.65 bits per heavy atom. The van der Waals surface area contributed by atoms with Crippen LogP contribution in [0.25, 0.3) is 0 Å². The molecule has 6 heteroatoms. The molecule has 1 heterocycles. The minimum atomic E-state index is -0.734. The highest BCUT2D eigenvalue weighted by Crippen LogP contribution is 2.73. The third-order valence-electron chi connectivity index (χ3n) is 20.9. The summed E-state index contributed by atoms with van der Waals surface area (Å²) in [7, 11) is 0. The first-order chi connectivity index (χ1) is 25.0. The fourth-order valence-electron chi connectivity index (χ4n) is 17.3. The lowest BCUT2D eigenvalue weighted by molar-refractivity contribution is -0.227. The average Bonchev–Trinajstić information content (AvgIpc) is 3.83. The normalized spacial score (nSPS) is 54.6. The van der Waals surface area contributed by atoms with E-state index in [9.17, 15) is 20.1 Å². The Morgan fingerprint density at radius 2 is 1.16 bits per heavy atom. The molecular formula is C49H82FNO4. The van der Waals surface area contributed by atoms with Crippen molar-refractivity contribution in [1.29, 1.82) is 0 Å². The fourth-order valence-corrected chi connectivity index (χ4v) is 17.3. The van der Waals surface area contributed by atoms with Crippen LogP contribution in [0.3, 0.4) is 0 Å². The zero-order chi connectivity index (χ0) is 37.9. The van der Waals surface area contributed by atoms with Gasteiger partial charge in [-0.2, -0.15) is 0 Å². The van der Waals surface area contributed by atoms with Crippen LogP contribution in [0.2, 0.25) is 0 Å². The number of carbonyl (C=O) groups is 1. The number of rotatable bonds is 3. The molecule has 9 aliphatic rings. The molecule has 8 aliphatic carbocycles. The third kappa shape index (κ3) is 5.94. The van der Waals surface area contributed by atoms with E-state index in [1.165, 1.54) is 69.9 Å². The van der Waals surface area contributed by atoms with Crippen molar-refractivity contribution in [1.82, 2.24) is 0 Å². The molecule has 0 aromatic rings. The highest BCUT2D eigenvalue weighted by Gasteiger charge is 2.71. The van der Waals surface area contributed by atoms with E-state index in [1.54, 1.807) is 0 Å². The van der Waals surface area contributed by atoms with Crippen LogP contribution in [0, 0.1) is 92.7 Å². The minimum Gasteiger partial charge on any atom is -0.389 e. The summed E-state index contributed by atoms with van der Waals surface area (Å²) < 4.78 is 0. The maximum Gasteiger partial charge on any atom is 0.161 e. The van der Waals surface area contributed by atoms with Gasteiger partial charge in [0.2, 0.25) is 0 Å². The zero-order valence-corrected chi connectivity index (χ0v) is 35.4. The monoisotopic (exact) mass is 768 g/mol. The minimum absolute atomic E-state index is 0. The fraction of sp³-hybridized carbons (Fsp3) is 0.918. The van der Waals surface area contributed by atoms with Crippen LogP contribution in [0.1, 0.15) is 172 Å². The molecule has 0 aromatic carbocycles. The Hall–Kier alpha value is -1.11. The molecule has 4 unspecified atom stereocenters. The van der Waals surface area contributed by atoms with Gasteiger partial charge in [-0.25, -0.2) is 0 Å². The van der Waals surface area contributed by atoms with Gasteiger partial charge in [-0.3, -0.25) is 14.5 Å². The van der Waals surface area contributed by atoms with Crippen molar-refractivity contribution in [3.05, 3.63) is 11.8 Å². The Morgan fingerprint density at radius 1 is 0.673 bits per heavy atom. The van der Waals surface area contributed by atoms with E-state index in [4.69, 9.17) is 4.99 Å². The van der Waals surface area contributed by atoms with E-state index < -0.39 is 11.2 Å². The number of aliphatic hydroxyl groups excluding tert-OH is 1. The van der Waals surface area contributed by atoms with E-state index in [1.807, 2.05) is 0 Å². The van der Waals surface area contributed by atoms with Crippen molar-refractivity contribution in [2.24, 2.45) is 97.7 Å². The zero-order valence-electron chi connectivity index (χ0n) is 35.4. The highest BCUT2D eigenvalue weighted by molar-refractivity contribution is 5.83. The Balaban J connectivity index is 0.000000181. The Kier molecular flexibility index (Phi) is 11.7. The highest BCUT2D eigenvalue weighted by atomic mass is 19.0. The van der Waals surface area contributed by atoms with E-state index in [-0.39, 0.29) is 41.3 Å². The van der Waals surface area contributed by atoms with E-state index >= 15 is 0 Å². The van der Waals surface area contributed by atoms with Crippen LogP contribution in [0.15, 0.2) is 16.8 Å². The van der Waals surface area contributed by atoms with Crippen LogP contribution in [0.5, 0.6) is 0 Å². The van der Waals surface area contributed by atoms with Gasteiger partial charge in [0.05, 0.1) is 11.2 Å². The molecule has 8 fully saturated rings. The van der Waals surface area contributed by atoms with Gasteiger partial charge < -0.3 is 15.3 Å². The summed E-state index contributed by atoms with van der Waals surface area (Å²) >= 11 is 0. The molecular weight excluding hydrogens is 686 g/mol. The molecule has 0 amide bonds. The van der Waals surface area contributed by atoms with Crippen LogP contribution < -0.4 is 0 Å². The summed E-state index contributed by atoms with van der Waals surface area (Å²) in [4.78, 5) is 17.2. The maximum absolute atomic E-state index is 12.5. The Labute approximate surface area is 335 Å². The lowest BCUT2D eigenvalue weighted by atomic mass is 9.41. The van der Waals surface area contributed by atoms with Gasteiger partial charge in [0, 0.05) is 41.0 Å². The van der Waals surface area contributed by atoms with Gasteiger partial charge in [0.15, 0.2) is 5.78 Å². The van der Waals surface area contributed by atoms with Gasteiger partial charge in [-0.05, 0) is 160 Å². The largest absolute Gasteiger partial charge is 0.389 e. The molecule has 0 saturated heterocycles. The van der Waals surface area contributed by atoms with Crippen molar-refractivity contribution in [2.45, 2.75) is 183 Å². The van der Waals surface area contributed by atoms with Crippen molar-refractivity contribution in [2.75, 3.05) is 6.61 Å². The summed E-state index contributed by atoms with van der Waals surface area (Å²) in [5.41, 5.74) is 0.498. The predicted molar refractivity (Wildman–Crippen MR) is 223 cm³/mol. The summed E-state index contributed by atoms with van der Waals surface area (Å²) in [6.07, 6.45) is 24.6. The number of ketones is 1. The topological polar surface area (TPSA) is 90.1 Å². The first-order valence-corrected chi connectivity index (χ1v) is 22.8. The molecule has 3 N–H and O–H groups in total. The van der Waals surface area contributed by atoms with Crippen LogP contribution in [-0.4, -0.2) is 45.1 Å². The molecule has 1 aliphatic heterocycles. The number of allylic oxidation sites excluding steroid dienone is 2. The first-order valence-electron chi connectivity index (χ1n) is 22.8. The van der Waals surface area contributed by atoms with Crippen molar-refractivity contribution >= 4 is 12.0 Å². The number of Topliss-reactive ketones (excluding diaryl/α,β-unsaturated/α-hetero) is 1. The van der Waals surface area contributed by atoms with E-state index in [2.05, 4.69) is 67.7 Å². The van der Waals surface area contributed by atoms with Gasteiger partial charge in [0.25, 0.3) is 0 Å². The number of aliphatic hydroxyl groups is 3. The summed E-state index contributed by atoms with van der Waals surface area (Å²) in [6, 6.07) is 0. The maximum atomic E-state index is 12.5. The molecule has 0 aromatic heterocycles. The van der Waals surface area contributed by atoms with E-state index in [0.29, 0.717) is 46.3 Å². The second-order valence-electron chi connectivity index (χ2n) is 22.4. The number of carbonyl (C=O) groups excluding carboxylic acids is 1. The van der Waals surface area contributed by atoms with Gasteiger partial charge in [-0.1, -0.05) is 81.7 Å². The predicted octanol–water partition coefficient (Wildman–Crippen LogP) is 11.0. The number of hydrogen-bond acceptors (Lipinski definition) is 5. The number of halogens is 1. The molecule has 8 saturated carbocycles. The van der Waals surface area contributed by atoms with Gasteiger partial charge in [-0.15, -0.1) is 0 Å². The molecule has 0 bridgehead atoms. The number of fused-ring (bicyclic) bond motifs is 10. The van der Waals surface area contributed by atoms with Gasteiger partial charge >= 0.3 is 0 Å². The quantitative estimate of drug-likeness (QED) is 0.267. The molecule has 314 valence electrons. The third-order valence-corrected chi connectivity index (χ3v) is 20.9. The van der Waals surface area contributed by atoms with Crippen LogP contribution in [-0.2, 0) is 4.79 Å². The summed E-state index contributed by atoms with van der Waals surface area (Å²) in [6.45, 7) is 18.9. The Bertz CT molecular complexity index is 1500. The lowest BCUT2D eigenvalue weighted by Crippen LogP contribution is -2.65. The van der Waals surface area contributed by atoms with Gasteiger partial charge in [0.1, 0.15) is 6.61 Å². The molecule has 18 atom stereocenters. The second-order valence-corrected chi connectivity index (χ2v) is 22.4. The summed E-state index contributed by atoms with van der Waals surface area (Å²) in [5, 5.41) is 33.9. The SMILES string of the molecule is C.C[C@H]1CC[C@]2(C)C3C[C@@H](C)[C@]4(C)[C@@H](C(=O)CO)CC[C@]4(O)C3CC[C@@H]2C1.C[C@H]1CC[C@]2(C)C3C[C@@H](C)[C@]4(C)[C@@H](C5=CCC=N5)CC[C@]4(O)C3CC[C@@H]2C1.F. The van der Waals surface area contributed by atoms with Crippen LogP contribution >= 0.6 is 0 Å². The smallest absolute Gasteiger partial charge is 0.161 e.